The maximum absolute atomic E-state index is 9.47. The van der Waals surface area contributed by atoms with Crippen LogP contribution in [0.1, 0.15) is 11.1 Å². The minimum absolute atomic E-state index is 0.643. The van der Waals surface area contributed by atoms with Crippen molar-refractivity contribution in [3.8, 4) is 12.1 Å². The van der Waals surface area contributed by atoms with Crippen molar-refractivity contribution in [2.75, 3.05) is 10.2 Å². The summed E-state index contributed by atoms with van der Waals surface area (Å²) in [4.78, 5) is 6.75. The summed E-state index contributed by atoms with van der Waals surface area (Å²) in [5.41, 5.74) is 6.42. The molecule has 0 radical (unpaired) electrons. The summed E-state index contributed by atoms with van der Waals surface area (Å²) in [5.74, 6) is 0. The lowest BCUT2D eigenvalue weighted by molar-refractivity contribution is 1.15. The summed E-state index contributed by atoms with van der Waals surface area (Å²) >= 11 is 3.42. The van der Waals surface area contributed by atoms with E-state index in [1.807, 2.05) is 42.5 Å². The minimum Gasteiger partial charge on any atom is -0.354 e. The molecule has 0 amide bonds. The van der Waals surface area contributed by atoms with E-state index in [0.29, 0.717) is 11.1 Å². The van der Waals surface area contributed by atoms with Crippen LogP contribution in [-0.4, -0.2) is 0 Å². The van der Waals surface area contributed by atoms with Crippen LogP contribution >= 0.6 is 23.5 Å². The van der Waals surface area contributed by atoms with Gasteiger partial charge in [0.15, 0.2) is 0 Å². The Labute approximate surface area is 194 Å². The van der Waals surface area contributed by atoms with E-state index in [4.69, 9.17) is 0 Å². The fourth-order valence-electron chi connectivity index (χ4n) is 3.99. The molecule has 0 unspecified atom stereocenters. The van der Waals surface area contributed by atoms with Crippen LogP contribution in [0.15, 0.2) is 98.4 Å². The number of anilines is 5. The molecule has 32 heavy (non-hydrogen) atoms. The van der Waals surface area contributed by atoms with Crippen molar-refractivity contribution in [3.05, 3.63) is 90.0 Å². The van der Waals surface area contributed by atoms with Gasteiger partial charge in [0.05, 0.1) is 46.0 Å². The van der Waals surface area contributed by atoms with Gasteiger partial charge in [-0.05, 0) is 66.7 Å². The number of fused-ring (bicyclic) bond motifs is 4. The molecule has 2 aliphatic rings. The van der Waals surface area contributed by atoms with Crippen molar-refractivity contribution in [2.24, 2.45) is 0 Å². The number of nitrogens with one attached hydrogen (secondary N) is 1. The van der Waals surface area contributed by atoms with E-state index >= 15 is 0 Å². The molecule has 0 aromatic heterocycles. The molecule has 0 spiro atoms. The molecule has 0 atom stereocenters. The van der Waals surface area contributed by atoms with Gasteiger partial charge in [-0.2, -0.15) is 10.5 Å². The average Bonchev–Trinajstić information content (AvgIpc) is 2.85. The van der Waals surface area contributed by atoms with Crippen LogP contribution in [0.2, 0.25) is 0 Å². The first kappa shape index (κ1) is 18.9. The molecular formula is C26H14N4S2. The summed E-state index contributed by atoms with van der Waals surface area (Å²) in [6, 6.07) is 30.8. The first-order chi connectivity index (χ1) is 15.7. The fraction of sp³-hybridized carbons (Fsp3) is 0. The minimum atomic E-state index is 0.643. The van der Waals surface area contributed by atoms with Crippen LogP contribution < -0.4 is 10.2 Å². The van der Waals surface area contributed by atoms with E-state index in [2.05, 4.69) is 58.8 Å². The van der Waals surface area contributed by atoms with Crippen molar-refractivity contribution in [3.63, 3.8) is 0 Å². The maximum atomic E-state index is 9.47. The number of hydrogen-bond donors (Lipinski definition) is 1. The predicted molar refractivity (Wildman–Crippen MR) is 129 cm³/mol. The van der Waals surface area contributed by atoms with Gasteiger partial charge in [0.25, 0.3) is 0 Å². The Morgan fingerprint density at radius 2 is 1.34 bits per heavy atom. The Balaban J connectivity index is 1.48. The summed E-state index contributed by atoms with van der Waals surface area (Å²) in [6.07, 6.45) is 0. The van der Waals surface area contributed by atoms with Gasteiger partial charge in [-0.15, -0.1) is 0 Å². The van der Waals surface area contributed by atoms with Gasteiger partial charge in [0.1, 0.15) is 0 Å². The van der Waals surface area contributed by atoms with E-state index < -0.39 is 0 Å². The number of rotatable bonds is 1. The van der Waals surface area contributed by atoms with Gasteiger partial charge in [-0.1, -0.05) is 35.7 Å². The quantitative estimate of drug-likeness (QED) is 0.281. The molecule has 4 aromatic rings. The second kappa shape index (κ2) is 7.39. The summed E-state index contributed by atoms with van der Waals surface area (Å²) in [7, 11) is 0. The van der Waals surface area contributed by atoms with Gasteiger partial charge in [0, 0.05) is 25.3 Å². The lowest BCUT2D eigenvalue weighted by Crippen LogP contribution is -2.15. The topological polar surface area (TPSA) is 62.9 Å². The fourth-order valence-corrected chi connectivity index (χ4v) is 6.03. The number of nitrogens with zero attached hydrogens (tertiary/aromatic N) is 3. The molecule has 150 valence electrons. The molecule has 2 aliphatic heterocycles. The van der Waals surface area contributed by atoms with E-state index in [0.717, 1.165) is 43.1 Å². The van der Waals surface area contributed by atoms with E-state index in [1.165, 1.54) is 4.90 Å². The van der Waals surface area contributed by atoms with Gasteiger partial charge in [-0.3, -0.25) is 0 Å². The smallest absolute Gasteiger partial charge is 0.0992 e. The molecule has 2 heterocycles. The summed E-state index contributed by atoms with van der Waals surface area (Å²) < 4.78 is 0. The van der Waals surface area contributed by atoms with Gasteiger partial charge >= 0.3 is 0 Å². The molecule has 6 heteroatoms. The lowest BCUT2D eigenvalue weighted by Gasteiger charge is -2.33. The third-order valence-corrected chi connectivity index (χ3v) is 7.74. The molecule has 4 aromatic carbocycles. The average molecular weight is 447 g/mol. The largest absolute Gasteiger partial charge is 0.354 e. The molecule has 4 nitrogen and oxygen atoms in total. The van der Waals surface area contributed by atoms with Crippen LogP contribution in [0, 0.1) is 22.7 Å². The first-order valence-corrected chi connectivity index (χ1v) is 11.6. The van der Waals surface area contributed by atoms with E-state index in [-0.39, 0.29) is 0 Å². The van der Waals surface area contributed by atoms with E-state index in [1.54, 1.807) is 23.5 Å². The van der Waals surface area contributed by atoms with Crippen molar-refractivity contribution >= 4 is 52.0 Å². The summed E-state index contributed by atoms with van der Waals surface area (Å²) in [6.45, 7) is 0. The molecule has 6 rings (SSSR count). The Bertz CT molecular complexity index is 1500. The first-order valence-electron chi connectivity index (χ1n) is 9.98. The van der Waals surface area contributed by atoms with Crippen LogP contribution in [-0.2, 0) is 0 Å². The van der Waals surface area contributed by atoms with E-state index in [9.17, 15) is 10.5 Å². The molecular weight excluding hydrogens is 432 g/mol. The SMILES string of the molecule is N#Cc1ccc2c(c1)Nc1ccc(N3c4ccccc4Sc4ccc(C#N)cc43)cc1S2. The van der Waals surface area contributed by atoms with Gasteiger partial charge in [0.2, 0.25) is 0 Å². The standard InChI is InChI=1S/C26H14N4S2/c27-14-16-5-9-23-20(11-16)29-19-8-7-18(13-26(19)31-23)30-21-3-1-2-4-24(21)32-25-10-6-17(15-28)12-22(25)30/h1-13,29H. The van der Waals surface area contributed by atoms with Crippen LogP contribution in [0.4, 0.5) is 28.4 Å². The Morgan fingerprint density at radius 1 is 0.625 bits per heavy atom. The van der Waals surface area contributed by atoms with Crippen molar-refractivity contribution in [1.82, 2.24) is 0 Å². The number of hydrogen-bond acceptors (Lipinski definition) is 6. The lowest BCUT2D eigenvalue weighted by atomic mass is 10.1. The molecule has 0 fully saturated rings. The van der Waals surface area contributed by atoms with Crippen LogP contribution in [0.3, 0.4) is 0 Å². The Hall–Kier alpha value is -3.84. The highest BCUT2D eigenvalue weighted by atomic mass is 32.2. The van der Waals surface area contributed by atoms with Crippen molar-refractivity contribution in [1.29, 1.82) is 10.5 Å². The third kappa shape index (κ3) is 3.01. The predicted octanol–water partition coefficient (Wildman–Crippen LogP) is 7.57. The second-order valence-electron chi connectivity index (χ2n) is 7.43. The van der Waals surface area contributed by atoms with Crippen molar-refractivity contribution in [2.45, 2.75) is 19.6 Å². The second-order valence-corrected chi connectivity index (χ2v) is 9.60. The van der Waals surface area contributed by atoms with Crippen LogP contribution in [0.25, 0.3) is 0 Å². The Morgan fingerprint density at radius 3 is 2.19 bits per heavy atom. The highest BCUT2D eigenvalue weighted by Gasteiger charge is 2.26. The number of benzene rings is 4. The molecule has 0 saturated heterocycles. The zero-order valence-corrected chi connectivity index (χ0v) is 18.3. The maximum Gasteiger partial charge on any atom is 0.0992 e. The monoisotopic (exact) mass is 446 g/mol. The molecule has 1 N–H and O–H groups in total. The highest BCUT2D eigenvalue weighted by Crippen LogP contribution is 2.53. The normalized spacial score (nSPS) is 12.9. The summed E-state index contributed by atoms with van der Waals surface area (Å²) in [5, 5.41) is 22.1. The molecule has 0 bridgehead atoms. The molecule has 0 saturated carbocycles. The number of nitriles is 2. The van der Waals surface area contributed by atoms with Gasteiger partial charge < -0.3 is 10.2 Å². The third-order valence-electron chi connectivity index (χ3n) is 5.48. The van der Waals surface area contributed by atoms with Crippen LogP contribution in [0.5, 0.6) is 0 Å². The zero-order chi connectivity index (χ0) is 21.7. The Kier molecular flexibility index (Phi) is 4.36. The van der Waals surface area contributed by atoms with Gasteiger partial charge in [-0.25, -0.2) is 0 Å². The highest BCUT2D eigenvalue weighted by molar-refractivity contribution is 8.00. The van der Waals surface area contributed by atoms with Crippen molar-refractivity contribution < 1.29 is 0 Å². The zero-order valence-electron chi connectivity index (χ0n) is 16.7. The molecule has 0 aliphatic carbocycles. The number of para-hydroxylation sites is 1.